The smallest absolute Gasteiger partial charge is 0.255 e. The molecule has 2 aromatic carbocycles. The van der Waals surface area contributed by atoms with Crippen molar-refractivity contribution in [1.29, 1.82) is 0 Å². The van der Waals surface area contributed by atoms with Crippen molar-refractivity contribution in [2.24, 2.45) is 5.84 Å². The lowest BCUT2D eigenvalue weighted by Gasteiger charge is -2.08. The molecule has 32 heavy (non-hydrogen) atoms. The molecule has 4 rings (SSSR count). The van der Waals surface area contributed by atoms with E-state index in [0.29, 0.717) is 28.5 Å². The molecule has 8 heteroatoms. The van der Waals surface area contributed by atoms with Crippen molar-refractivity contribution in [2.45, 2.75) is 19.4 Å². The van der Waals surface area contributed by atoms with E-state index >= 15 is 0 Å². The number of aryl methyl sites for hydroxylation is 2. The quantitative estimate of drug-likeness (QED) is 0.251. The Morgan fingerprint density at radius 2 is 1.88 bits per heavy atom. The second kappa shape index (κ2) is 9.76. The first kappa shape index (κ1) is 21.1. The molecule has 0 bridgehead atoms. The summed E-state index contributed by atoms with van der Waals surface area (Å²) in [4.78, 5) is 17.1. The molecule has 0 aliphatic rings. The molecule has 0 radical (unpaired) electrons. The van der Waals surface area contributed by atoms with E-state index in [4.69, 9.17) is 11.6 Å². The van der Waals surface area contributed by atoms with E-state index in [-0.39, 0.29) is 5.91 Å². The van der Waals surface area contributed by atoms with Gasteiger partial charge in [0.05, 0.1) is 23.3 Å². The van der Waals surface area contributed by atoms with Crippen LogP contribution in [-0.2, 0) is 13.0 Å². The minimum Gasteiger partial charge on any atom is -0.382 e. The molecule has 0 atom stereocenters. The topological polar surface area (TPSA) is 124 Å². The van der Waals surface area contributed by atoms with Gasteiger partial charge in [-0.15, -0.1) is 0 Å². The van der Waals surface area contributed by atoms with E-state index in [1.807, 2.05) is 41.2 Å². The number of hydrazine groups is 1. The van der Waals surface area contributed by atoms with Crippen molar-refractivity contribution in [3.63, 3.8) is 0 Å². The highest BCUT2D eigenvalue weighted by Gasteiger charge is 2.11. The second-order valence-corrected chi connectivity index (χ2v) is 7.39. The van der Waals surface area contributed by atoms with Gasteiger partial charge in [-0.2, -0.15) is 5.10 Å². The van der Waals surface area contributed by atoms with Gasteiger partial charge >= 0.3 is 0 Å². The minimum atomic E-state index is -0.219. The van der Waals surface area contributed by atoms with Gasteiger partial charge in [0.25, 0.3) is 5.91 Å². The Bertz CT molecular complexity index is 1200. The number of nitrogens with one attached hydrogen (secondary N) is 2. The van der Waals surface area contributed by atoms with Gasteiger partial charge in [-0.05, 0) is 42.7 Å². The predicted molar refractivity (Wildman–Crippen MR) is 127 cm³/mol. The molecule has 8 nitrogen and oxygen atoms in total. The molecule has 0 saturated heterocycles. The van der Waals surface area contributed by atoms with Crippen molar-refractivity contribution in [3.8, 4) is 11.3 Å². The van der Waals surface area contributed by atoms with Gasteiger partial charge < -0.3 is 16.5 Å². The molecule has 4 aromatic rings. The molecule has 0 spiro atoms. The van der Waals surface area contributed by atoms with Gasteiger partial charge in [0.15, 0.2) is 0 Å². The Balaban J connectivity index is 1.38. The van der Waals surface area contributed by atoms with Gasteiger partial charge in [0.2, 0.25) is 0 Å². The third-order valence-electron chi connectivity index (χ3n) is 5.09. The maximum Gasteiger partial charge on any atom is 0.255 e. The first-order chi connectivity index (χ1) is 15.6. The molecule has 0 saturated carbocycles. The summed E-state index contributed by atoms with van der Waals surface area (Å²) in [6.07, 6.45) is 5.45. The van der Waals surface area contributed by atoms with Crippen LogP contribution in [0.25, 0.3) is 11.3 Å². The number of pyridine rings is 1. The summed E-state index contributed by atoms with van der Waals surface area (Å²) in [7, 11) is 0. The van der Waals surface area contributed by atoms with Crippen molar-refractivity contribution in [3.05, 3.63) is 90.3 Å². The summed E-state index contributed by atoms with van der Waals surface area (Å²) >= 11 is 0. The Labute approximate surface area is 186 Å². The van der Waals surface area contributed by atoms with E-state index in [1.165, 1.54) is 5.56 Å². The average Bonchev–Trinajstić information content (AvgIpc) is 3.27. The molecule has 0 unspecified atom stereocenters. The highest BCUT2D eigenvalue weighted by molar-refractivity contribution is 6.04. The van der Waals surface area contributed by atoms with E-state index in [2.05, 4.69) is 33.0 Å². The van der Waals surface area contributed by atoms with Crippen LogP contribution in [-0.4, -0.2) is 20.7 Å². The summed E-state index contributed by atoms with van der Waals surface area (Å²) in [6.45, 7) is 0.779. The maximum atomic E-state index is 12.8. The molecule has 2 aromatic heterocycles. The van der Waals surface area contributed by atoms with Gasteiger partial charge in [-0.1, -0.05) is 42.5 Å². The van der Waals surface area contributed by atoms with Crippen molar-refractivity contribution in [1.82, 2.24) is 14.8 Å². The summed E-state index contributed by atoms with van der Waals surface area (Å²) in [5.74, 6) is 5.47. The summed E-state index contributed by atoms with van der Waals surface area (Å²) < 4.78 is 1.84. The molecule has 162 valence electrons. The van der Waals surface area contributed by atoms with Crippen LogP contribution < -0.4 is 22.3 Å². The van der Waals surface area contributed by atoms with Crippen molar-refractivity contribution < 1.29 is 4.79 Å². The monoisotopic (exact) mass is 427 g/mol. The number of nitrogens with zero attached hydrogens (tertiary/aromatic N) is 3. The first-order valence-electron chi connectivity index (χ1n) is 10.3. The average molecular weight is 428 g/mol. The number of hydrogen-bond acceptors (Lipinski definition) is 6. The van der Waals surface area contributed by atoms with E-state index < -0.39 is 0 Å². The molecule has 6 N–H and O–H groups in total. The van der Waals surface area contributed by atoms with Crippen molar-refractivity contribution >= 4 is 23.1 Å². The van der Waals surface area contributed by atoms with Crippen LogP contribution in [0, 0.1) is 0 Å². The Morgan fingerprint density at radius 3 is 2.66 bits per heavy atom. The van der Waals surface area contributed by atoms with Crippen LogP contribution in [0.5, 0.6) is 0 Å². The Morgan fingerprint density at radius 1 is 1.03 bits per heavy atom. The number of aromatic nitrogens is 3. The Hall–Kier alpha value is -4.17. The first-order valence-corrected chi connectivity index (χ1v) is 10.3. The summed E-state index contributed by atoms with van der Waals surface area (Å²) in [5.41, 5.74) is 12.8. The maximum absolute atomic E-state index is 12.8. The molecular weight excluding hydrogens is 402 g/mol. The van der Waals surface area contributed by atoms with Crippen LogP contribution in [0.1, 0.15) is 22.3 Å². The summed E-state index contributed by atoms with van der Waals surface area (Å²) in [5, 5.41) is 7.25. The molecular formula is C24H25N7O. The molecule has 1 amide bonds. The lowest BCUT2D eigenvalue weighted by Crippen LogP contribution is -2.12. The normalized spacial score (nSPS) is 10.7. The van der Waals surface area contributed by atoms with Crippen molar-refractivity contribution in [2.75, 3.05) is 16.5 Å². The number of hydrogen-bond donors (Lipinski definition) is 4. The number of amides is 1. The fourth-order valence-electron chi connectivity index (χ4n) is 3.42. The van der Waals surface area contributed by atoms with Crippen LogP contribution >= 0.6 is 0 Å². The SMILES string of the molecule is NNc1ccc(-c2cccc(C(=O)Nc3cnn(CCCc4ccccc4)c3)c2)nc1N. The zero-order chi connectivity index (χ0) is 22.3. The van der Waals surface area contributed by atoms with E-state index in [0.717, 1.165) is 24.9 Å². The molecule has 0 fully saturated rings. The Kier molecular flexibility index (Phi) is 6.43. The predicted octanol–water partition coefficient (Wildman–Crippen LogP) is 3.70. The number of carbonyl (C=O) groups excluding carboxylic acids is 1. The molecule has 0 aliphatic heterocycles. The van der Waals surface area contributed by atoms with Gasteiger partial charge in [0.1, 0.15) is 5.82 Å². The minimum absolute atomic E-state index is 0.219. The third kappa shape index (κ3) is 5.11. The fourth-order valence-corrected chi connectivity index (χ4v) is 3.42. The third-order valence-corrected chi connectivity index (χ3v) is 5.09. The number of nitrogen functional groups attached to an aromatic ring is 2. The summed E-state index contributed by atoms with van der Waals surface area (Å²) in [6, 6.07) is 21.1. The highest BCUT2D eigenvalue weighted by atomic mass is 16.1. The van der Waals surface area contributed by atoms with E-state index in [1.54, 1.807) is 30.5 Å². The van der Waals surface area contributed by atoms with Crippen LogP contribution in [0.2, 0.25) is 0 Å². The molecule has 0 aliphatic carbocycles. The van der Waals surface area contributed by atoms with Gasteiger partial charge in [-0.25, -0.2) is 4.98 Å². The lowest BCUT2D eigenvalue weighted by atomic mass is 10.1. The van der Waals surface area contributed by atoms with Crippen LogP contribution in [0.4, 0.5) is 17.2 Å². The fraction of sp³-hybridized carbons (Fsp3) is 0.125. The van der Waals surface area contributed by atoms with Gasteiger partial charge in [-0.3, -0.25) is 15.3 Å². The van der Waals surface area contributed by atoms with Gasteiger partial charge in [0, 0.05) is 23.9 Å². The highest BCUT2D eigenvalue weighted by Crippen LogP contribution is 2.24. The van der Waals surface area contributed by atoms with E-state index in [9.17, 15) is 4.79 Å². The number of nitrogens with two attached hydrogens (primary N) is 2. The number of carbonyl (C=O) groups is 1. The number of rotatable bonds is 8. The zero-order valence-electron chi connectivity index (χ0n) is 17.5. The standard InChI is InChI=1S/C24H25N7O/c25-23-22(30-26)12-11-21(29-23)18-9-4-10-19(14-18)24(32)28-20-15-27-31(16-20)13-5-8-17-6-2-1-3-7-17/h1-4,6-7,9-12,14-16,30H,5,8,13,26H2,(H2,25,29)(H,28,32). The van der Waals surface area contributed by atoms with Crippen LogP contribution in [0.15, 0.2) is 79.1 Å². The second-order valence-electron chi connectivity index (χ2n) is 7.39. The van der Waals surface area contributed by atoms with Crippen LogP contribution in [0.3, 0.4) is 0 Å². The zero-order valence-corrected chi connectivity index (χ0v) is 17.5. The molecule has 2 heterocycles. The largest absolute Gasteiger partial charge is 0.382 e. The number of anilines is 3. The number of benzene rings is 2. The lowest BCUT2D eigenvalue weighted by molar-refractivity contribution is 0.102.